The molecule has 2 atom stereocenters. The zero-order valence-corrected chi connectivity index (χ0v) is 8.54. The van der Waals surface area contributed by atoms with Crippen molar-refractivity contribution in [2.24, 2.45) is 0 Å². The molecule has 1 saturated carbocycles. The Morgan fingerprint density at radius 3 is 1.47 bits per heavy atom. The molecule has 0 saturated heterocycles. The van der Waals surface area contributed by atoms with Crippen LogP contribution in [-0.4, -0.2) is 90.2 Å². The van der Waals surface area contributed by atoms with Crippen LogP contribution in [0.5, 0.6) is 0 Å². The van der Waals surface area contributed by atoms with Gasteiger partial charge in [0.2, 0.25) is 0 Å². The second kappa shape index (κ2) is 4.72. The van der Waals surface area contributed by atoms with Gasteiger partial charge in [-0.3, -0.25) is 4.55 Å². The van der Waals surface area contributed by atoms with Crippen LogP contribution in [-0.2, 0) is 10.1 Å². The molecule has 0 aromatic rings. The summed E-state index contributed by atoms with van der Waals surface area (Å²) < 4.78 is 105. The van der Waals surface area contributed by atoms with E-state index in [-0.39, 0.29) is 48.9 Å². The van der Waals surface area contributed by atoms with E-state index in [1.807, 2.05) is 0 Å². The first-order valence-corrected chi connectivity index (χ1v) is 5.45. The van der Waals surface area contributed by atoms with Gasteiger partial charge in [0.25, 0.3) is 10.1 Å². The Hall–Kier alpha value is 1.35. The summed E-state index contributed by atoms with van der Waals surface area (Å²) >= 11 is 4.57. The Morgan fingerprint density at radius 1 is 1.00 bits per heavy atom. The van der Waals surface area contributed by atoms with Crippen LogP contribution in [0, 0.1) is 0 Å². The fourth-order valence-electron chi connectivity index (χ4n) is 1.29. The first-order valence-electron chi connectivity index (χ1n) is 3.51. The third kappa shape index (κ3) is 2.39. The van der Waals surface area contributed by atoms with Gasteiger partial charge in [0.15, 0.2) is 5.25 Å². The van der Waals surface area contributed by atoms with Crippen molar-refractivity contribution >= 4 is 70.6 Å². The topological polar surface area (TPSA) is 54.4 Å². The van der Waals surface area contributed by atoms with Crippen LogP contribution < -0.4 is 0 Å². The second-order valence-electron chi connectivity index (χ2n) is 3.16. The van der Waals surface area contributed by atoms with Crippen molar-refractivity contribution in [2.75, 3.05) is 0 Å². The number of rotatable bonds is 1. The summed E-state index contributed by atoms with van der Waals surface area (Å²) in [5.74, 6) is -17.1. The molecule has 1 rings (SSSR count). The number of hydrogen-bond donors (Lipinski definition) is 1. The molecule has 1 fully saturated rings. The molecule has 0 radical (unpaired) electrons. The Bertz CT molecular complexity index is 412. The third-order valence-corrected chi connectivity index (χ3v) is 4.01. The van der Waals surface area contributed by atoms with E-state index in [1.165, 1.54) is 0 Å². The van der Waals surface area contributed by atoms with Crippen LogP contribution in [0.25, 0.3) is 0 Å². The summed E-state index contributed by atoms with van der Waals surface area (Å²) in [6, 6.07) is 0. The van der Waals surface area contributed by atoms with Gasteiger partial charge in [0.05, 0.1) is 0 Å². The van der Waals surface area contributed by atoms with Gasteiger partial charge in [0.1, 0.15) is 5.38 Å². The van der Waals surface area contributed by atoms with E-state index >= 15 is 0 Å². The predicted octanol–water partition coefficient (Wildman–Crippen LogP) is 0.854. The van der Waals surface area contributed by atoms with E-state index in [9.17, 15) is 34.8 Å². The van der Waals surface area contributed by atoms with E-state index < -0.39 is 38.5 Å². The SMILES string of the molecule is O=S(=O)(O)C1C(Cl)C(F)(F)C(F)(F)C1(F)F.[BaH2]. The first-order chi connectivity index (χ1) is 6.78. The summed E-state index contributed by atoms with van der Waals surface area (Å²) in [6.07, 6.45) is 0. The molecule has 0 spiro atoms. The van der Waals surface area contributed by atoms with Gasteiger partial charge in [-0.25, -0.2) is 0 Å². The Morgan fingerprint density at radius 2 is 1.35 bits per heavy atom. The van der Waals surface area contributed by atoms with Gasteiger partial charge in [0, 0.05) is 0 Å². The van der Waals surface area contributed by atoms with Crippen LogP contribution >= 0.6 is 11.6 Å². The predicted molar refractivity (Wildman–Crippen MR) is 48.4 cm³/mol. The van der Waals surface area contributed by atoms with Crippen LogP contribution in [0.3, 0.4) is 0 Å². The third-order valence-electron chi connectivity index (χ3n) is 2.13. The molecule has 3 nitrogen and oxygen atoms in total. The molecule has 0 aromatic carbocycles. The van der Waals surface area contributed by atoms with Gasteiger partial charge in [-0.05, 0) is 0 Å². The van der Waals surface area contributed by atoms with Gasteiger partial charge >= 0.3 is 66.6 Å². The second-order valence-corrected chi connectivity index (χ2v) is 5.17. The molecular weight excluding hydrogens is 427 g/mol. The van der Waals surface area contributed by atoms with Gasteiger partial charge in [-0.15, -0.1) is 11.6 Å². The molecule has 0 amide bonds. The quantitative estimate of drug-likeness (QED) is 0.290. The van der Waals surface area contributed by atoms with Crippen LogP contribution in [0.1, 0.15) is 0 Å². The zero-order chi connectivity index (χ0) is 13.2. The summed E-state index contributed by atoms with van der Waals surface area (Å²) in [7, 11) is -5.84. The minimum absolute atomic E-state index is 0. The summed E-state index contributed by atoms with van der Waals surface area (Å²) in [6.45, 7) is 0. The van der Waals surface area contributed by atoms with E-state index in [2.05, 4.69) is 11.6 Å². The summed E-state index contributed by atoms with van der Waals surface area (Å²) in [5, 5.41) is -7.18. The molecule has 0 aromatic heterocycles. The molecule has 2 unspecified atom stereocenters. The van der Waals surface area contributed by atoms with Crippen molar-refractivity contribution in [2.45, 2.75) is 28.4 Å². The van der Waals surface area contributed by atoms with E-state index in [0.29, 0.717) is 0 Å². The molecule has 0 aliphatic heterocycles. The molecule has 12 heteroatoms. The van der Waals surface area contributed by atoms with E-state index in [4.69, 9.17) is 4.55 Å². The summed E-state index contributed by atoms with van der Waals surface area (Å²) in [5.41, 5.74) is 0. The van der Waals surface area contributed by atoms with Crippen molar-refractivity contribution in [1.29, 1.82) is 0 Å². The van der Waals surface area contributed by atoms with Crippen molar-refractivity contribution in [3.05, 3.63) is 0 Å². The Labute approximate surface area is 137 Å². The van der Waals surface area contributed by atoms with Gasteiger partial charge < -0.3 is 0 Å². The van der Waals surface area contributed by atoms with E-state index in [1.54, 1.807) is 0 Å². The first kappa shape index (κ1) is 18.4. The molecule has 1 aliphatic rings. The van der Waals surface area contributed by atoms with Crippen LogP contribution in [0.15, 0.2) is 0 Å². The van der Waals surface area contributed by atoms with Crippen molar-refractivity contribution < 1.29 is 39.3 Å². The average molecular weight is 432 g/mol. The molecule has 100 valence electrons. The maximum atomic E-state index is 12.8. The van der Waals surface area contributed by atoms with Crippen molar-refractivity contribution in [3.63, 3.8) is 0 Å². The number of halogens is 7. The molecule has 0 bridgehead atoms. The van der Waals surface area contributed by atoms with Gasteiger partial charge in [-0.2, -0.15) is 34.8 Å². The van der Waals surface area contributed by atoms with Crippen molar-refractivity contribution in [1.82, 2.24) is 0 Å². The molecular formula is C5H5BaClF6O3S. The molecule has 1 aliphatic carbocycles. The summed E-state index contributed by atoms with van der Waals surface area (Å²) in [4.78, 5) is 0. The average Bonchev–Trinajstić information content (AvgIpc) is 2.06. The Balaban J connectivity index is 0.00000256. The van der Waals surface area contributed by atoms with Crippen LogP contribution in [0.2, 0.25) is 0 Å². The fourth-order valence-corrected chi connectivity index (χ4v) is 2.97. The van der Waals surface area contributed by atoms with E-state index in [0.717, 1.165) is 0 Å². The maximum absolute atomic E-state index is 12.8. The molecule has 0 heterocycles. The van der Waals surface area contributed by atoms with Crippen LogP contribution in [0.4, 0.5) is 26.3 Å². The fraction of sp³-hybridized carbons (Fsp3) is 1.00. The monoisotopic (exact) mass is 432 g/mol. The number of alkyl halides is 7. The van der Waals surface area contributed by atoms with Gasteiger partial charge in [-0.1, -0.05) is 0 Å². The normalized spacial score (nSPS) is 34.1. The molecule has 17 heavy (non-hydrogen) atoms. The van der Waals surface area contributed by atoms with Crippen molar-refractivity contribution in [3.8, 4) is 0 Å². The Kier molecular flexibility index (Phi) is 5.10. The zero-order valence-electron chi connectivity index (χ0n) is 6.97. The number of hydrogen-bond acceptors (Lipinski definition) is 2. The standard InChI is InChI=1S/C5H3ClF6O3S.Ba.2H/c6-1-2(16(13,14)15)4(9,10)5(11,12)3(1,7)8;;;/h1-2H,(H,13,14,15);;;. The minimum atomic E-state index is -5.95. The molecule has 1 N–H and O–H groups in total.